The SMILES string of the molecule is Nc1ncccc1C1(O)CCC(N)C1. The molecule has 14 heavy (non-hydrogen) atoms. The molecule has 1 aromatic heterocycles. The highest BCUT2D eigenvalue weighted by atomic mass is 16.3. The first-order chi connectivity index (χ1) is 6.62. The number of nitrogens with zero attached hydrogens (tertiary/aromatic N) is 1. The number of nitrogens with two attached hydrogens (primary N) is 2. The summed E-state index contributed by atoms with van der Waals surface area (Å²) in [7, 11) is 0. The molecule has 1 aliphatic rings. The molecule has 0 radical (unpaired) electrons. The Kier molecular flexibility index (Phi) is 2.17. The van der Waals surface area contributed by atoms with E-state index in [1.807, 2.05) is 6.07 Å². The Morgan fingerprint density at radius 2 is 2.36 bits per heavy atom. The van der Waals surface area contributed by atoms with E-state index in [0.717, 1.165) is 6.42 Å². The van der Waals surface area contributed by atoms with Crippen molar-refractivity contribution in [2.45, 2.75) is 30.9 Å². The molecular formula is C10H15N3O. The van der Waals surface area contributed by atoms with Crippen LogP contribution in [-0.2, 0) is 5.60 Å². The van der Waals surface area contributed by atoms with Crippen LogP contribution in [0.5, 0.6) is 0 Å². The first kappa shape index (κ1) is 9.43. The molecule has 4 heteroatoms. The third-order valence-electron chi connectivity index (χ3n) is 2.87. The predicted octanol–water partition coefficient (Wildman–Crippen LogP) is 0.363. The number of nitrogen functional groups attached to an aromatic ring is 1. The molecular weight excluding hydrogens is 178 g/mol. The molecule has 1 saturated carbocycles. The van der Waals surface area contributed by atoms with Crippen molar-refractivity contribution >= 4 is 5.82 Å². The van der Waals surface area contributed by atoms with E-state index in [9.17, 15) is 5.11 Å². The van der Waals surface area contributed by atoms with E-state index in [1.54, 1.807) is 12.3 Å². The maximum Gasteiger partial charge on any atom is 0.129 e. The van der Waals surface area contributed by atoms with Crippen molar-refractivity contribution in [1.29, 1.82) is 0 Å². The standard InChI is InChI=1S/C10H15N3O/c11-7-3-4-10(14,6-7)8-2-1-5-13-9(8)12/h1-2,5,7,14H,3-4,6,11H2,(H2,12,13). The Morgan fingerprint density at radius 1 is 1.57 bits per heavy atom. The number of aromatic nitrogens is 1. The van der Waals surface area contributed by atoms with Gasteiger partial charge in [-0.05, 0) is 25.3 Å². The van der Waals surface area contributed by atoms with Crippen molar-refractivity contribution in [3.8, 4) is 0 Å². The van der Waals surface area contributed by atoms with Gasteiger partial charge in [0.1, 0.15) is 5.82 Å². The summed E-state index contributed by atoms with van der Waals surface area (Å²) in [6.45, 7) is 0. The summed E-state index contributed by atoms with van der Waals surface area (Å²) in [4.78, 5) is 3.97. The highest BCUT2D eigenvalue weighted by Crippen LogP contribution is 2.39. The Bertz CT molecular complexity index is 342. The summed E-state index contributed by atoms with van der Waals surface area (Å²) in [5, 5.41) is 10.3. The number of hydrogen-bond donors (Lipinski definition) is 3. The molecule has 1 aromatic rings. The lowest BCUT2D eigenvalue weighted by molar-refractivity contribution is 0.0436. The molecule has 0 spiro atoms. The average molecular weight is 193 g/mol. The summed E-state index contributed by atoms with van der Waals surface area (Å²) in [6.07, 6.45) is 3.70. The van der Waals surface area contributed by atoms with Crippen LogP contribution in [0.3, 0.4) is 0 Å². The first-order valence-corrected chi connectivity index (χ1v) is 4.81. The van der Waals surface area contributed by atoms with Crippen LogP contribution in [0.2, 0.25) is 0 Å². The summed E-state index contributed by atoms with van der Waals surface area (Å²) >= 11 is 0. The van der Waals surface area contributed by atoms with Crippen LogP contribution in [0.1, 0.15) is 24.8 Å². The third-order valence-corrected chi connectivity index (χ3v) is 2.87. The lowest BCUT2D eigenvalue weighted by Crippen LogP contribution is -2.26. The molecule has 0 saturated heterocycles. The van der Waals surface area contributed by atoms with Gasteiger partial charge in [-0.3, -0.25) is 0 Å². The van der Waals surface area contributed by atoms with Gasteiger partial charge in [-0.1, -0.05) is 6.07 Å². The van der Waals surface area contributed by atoms with Crippen LogP contribution >= 0.6 is 0 Å². The van der Waals surface area contributed by atoms with Gasteiger partial charge >= 0.3 is 0 Å². The highest BCUT2D eigenvalue weighted by Gasteiger charge is 2.38. The first-order valence-electron chi connectivity index (χ1n) is 4.81. The molecule has 0 amide bonds. The van der Waals surface area contributed by atoms with E-state index in [0.29, 0.717) is 24.2 Å². The van der Waals surface area contributed by atoms with Crippen LogP contribution in [0.15, 0.2) is 18.3 Å². The van der Waals surface area contributed by atoms with E-state index >= 15 is 0 Å². The van der Waals surface area contributed by atoms with Gasteiger partial charge in [0.05, 0.1) is 5.60 Å². The van der Waals surface area contributed by atoms with Gasteiger partial charge < -0.3 is 16.6 Å². The summed E-state index contributed by atoms with van der Waals surface area (Å²) < 4.78 is 0. The summed E-state index contributed by atoms with van der Waals surface area (Å²) in [5.74, 6) is 0.407. The van der Waals surface area contributed by atoms with E-state index < -0.39 is 5.60 Å². The molecule has 2 rings (SSSR count). The van der Waals surface area contributed by atoms with Crippen LogP contribution < -0.4 is 11.5 Å². The molecule has 0 bridgehead atoms. The molecule has 4 nitrogen and oxygen atoms in total. The van der Waals surface area contributed by atoms with Crippen LogP contribution in [0.25, 0.3) is 0 Å². The molecule has 1 fully saturated rings. The van der Waals surface area contributed by atoms with Crippen molar-refractivity contribution in [3.05, 3.63) is 23.9 Å². The van der Waals surface area contributed by atoms with E-state index in [4.69, 9.17) is 11.5 Å². The average Bonchev–Trinajstić information content (AvgIpc) is 2.48. The van der Waals surface area contributed by atoms with E-state index in [-0.39, 0.29) is 6.04 Å². The molecule has 0 aliphatic heterocycles. The van der Waals surface area contributed by atoms with Gasteiger partial charge in [0.25, 0.3) is 0 Å². The molecule has 1 aliphatic carbocycles. The zero-order valence-electron chi connectivity index (χ0n) is 7.98. The fraction of sp³-hybridized carbons (Fsp3) is 0.500. The van der Waals surface area contributed by atoms with Crippen molar-refractivity contribution in [2.24, 2.45) is 5.73 Å². The summed E-state index contributed by atoms with van der Waals surface area (Å²) in [6, 6.07) is 3.67. The third kappa shape index (κ3) is 1.47. The number of aliphatic hydroxyl groups is 1. The fourth-order valence-electron chi connectivity index (χ4n) is 2.12. The number of rotatable bonds is 1. The van der Waals surface area contributed by atoms with Crippen LogP contribution in [0, 0.1) is 0 Å². The van der Waals surface area contributed by atoms with Gasteiger partial charge in [-0.2, -0.15) is 0 Å². The lowest BCUT2D eigenvalue weighted by atomic mass is 9.92. The minimum atomic E-state index is -0.863. The van der Waals surface area contributed by atoms with Gasteiger partial charge in [0.2, 0.25) is 0 Å². The Hall–Kier alpha value is -1.13. The molecule has 76 valence electrons. The monoisotopic (exact) mass is 193 g/mol. The predicted molar refractivity (Wildman–Crippen MR) is 54.4 cm³/mol. The zero-order valence-corrected chi connectivity index (χ0v) is 7.98. The summed E-state index contributed by atoms with van der Waals surface area (Å²) in [5.41, 5.74) is 11.3. The van der Waals surface area contributed by atoms with Crippen molar-refractivity contribution in [3.63, 3.8) is 0 Å². The van der Waals surface area contributed by atoms with E-state index in [1.165, 1.54) is 0 Å². The second-order valence-electron chi connectivity index (χ2n) is 3.97. The minimum absolute atomic E-state index is 0.0691. The number of anilines is 1. The minimum Gasteiger partial charge on any atom is -0.385 e. The number of pyridine rings is 1. The second-order valence-corrected chi connectivity index (χ2v) is 3.97. The van der Waals surface area contributed by atoms with E-state index in [2.05, 4.69) is 4.98 Å². The smallest absolute Gasteiger partial charge is 0.129 e. The Morgan fingerprint density at radius 3 is 2.93 bits per heavy atom. The fourth-order valence-corrected chi connectivity index (χ4v) is 2.12. The maximum absolute atomic E-state index is 10.3. The maximum atomic E-state index is 10.3. The Labute approximate surface area is 82.9 Å². The lowest BCUT2D eigenvalue weighted by Gasteiger charge is -2.23. The van der Waals surface area contributed by atoms with Gasteiger partial charge in [-0.25, -0.2) is 4.98 Å². The second kappa shape index (κ2) is 3.22. The Balaban J connectivity index is 2.35. The molecule has 0 aromatic carbocycles. The highest BCUT2D eigenvalue weighted by molar-refractivity contribution is 5.43. The van der Waals surface area contributed by atoms with Crippen LogP contribution in [-0.4, -0.2) is 16.1 Å². The van der Waals surface area contributed by atoms with Gasteiger partial charge in [-0.15, -0.1) is 0 Å². The van der Waals surface area contributed by atoms with Crippen LogP contribution in [0.4, 0.5) is 5.82 Å². The zero-order chi connectivity index (χ0) is 10.2. The molecule has 2 unspecified atom stereocenters. The normalized spacial score (nSPS) is 32.0. The quantitative estimate of drug-likeness (QED) is 0.601. The van der Waals surface area contributed by atoms with Crippen molar-refractivity contribution in [1.82, 2.24) is 4.98 Å². The number of hydrogen-bond acceptors (Lipinski definition) is 4. The van der Waals surface area contributed by atoms with Crippen molar-refractivity contribution in [2.75, 3.05) is 5.73 Å². The molecule has 1 heterocycles. The largest absolute Gasteiger partial charge is 0.385 e. The molecule has 2 atom stereocenters. The van der Waals surface area contributed by atoms with Gasteiger partial charge in [0.15, 0.2) is 0 Å². The topological polar surface area (TPSA) is 85.2 Å². The van der Waals surface area contributed by atoms with Crippen molar-refractivity contribution < 1.29 is 5.11 Å². The molecule has 5 N–H and O–H groups in total. The van der Waals surface area contributed by atoms with Gasteiger partial charge in [0, 0.05) is 17.8 Å².